The molecule has 2 aliphatic heterocycles. The lowest BCUT2D eigenvalue weighted by molar-refractivity contribution is -0.170. The van der Waals surface area contributed by atoms with Crippen molar-refractivity contribution in [3.8, 4) is 0 Å². The van der Waals surface area contributed by atoms with E-state index in [1.165, 1.54) is 0 Å². The molecule has 3 rings (SSSR count). The van der Waals surface area contributed by atoms with Crippen molar-refractivity contribution < 1.29 is 23.3 Å². The third kappa shape index (κ3) is 6.91. The van der Waals surface area contributed by atoms with Crippen molar-refractivity contribution in [1.82, 2.24) is 14.8 Å². The van der Waals surface area contributed by atoms with E-state index in [9.17, 15) is 9.35 Å². The van der Waals surface area contributed by atoms with E-state index in [1.54, 1.807) is 12.3 Å². The van der Waals surface area contributed by atoms with Crippen LogP contribution in [-0.4, -0.2) is 70.4 Å². The summed E-state index contributed by atoms with van der Waals surface area (Å²) in [6, 6.07) is 1.95. The van der Waals surface area contributed by atoms with Gasteiger partial charge in [0, 0.05) is 48.6 Å². The lowest BCUT2D eigenvalue weighted by atomic mass is 9.90. The first-order valence-corrected chi connectivity index (χ1v) is 13.0. The van der Waals surface area contributed by atoms with Gasteiger partial charge in [-0.05, 0) is 46.0 Å². The van der Waals surface area contributed by atoms with E-state index in [-0.39, 0.29) is 23.7 Å². The number of aromatic nitrogens is 1. The number of nitrogens with one attached hydrogen (secondary N) is 2. The van der Waals surface area contributed by atoms with Crippen molar-refractivity contribution in [2.45, 2.75) is 83.1 Å². The first-order chi connectivity index (χ1) is 15.1. The van der Waals surface area contributed by atoms with Crippen LogP contribution in [0.2, 0.25) is 0 Å². The van der Waals surface area contributed by atoms with Crippen LogP contribution in [0.1, 0.15) is 65.5 Å². The van der Waals surface area contributed by atoms with E-state index in [0.29, 0.717) is 18.2 Å². The maximum absolute atomic E-state index is 12.9. The van der Waals surface area contributed by atoms with E-state index in [1.807, 2.05) is 32.0 Å². The average molecular weight is 471 g/mol. The van der Waals surface area contributed by atoms with Crippen LogP contribution in [0, 0.1) is 0 Å². The Labute approximate surface area is 194 Å². The summed E-state index contributed by atoms with van der Waals surface area (Å²) in [5.41, 5.74) is -0.453. The van der Waals surface area contributed by atoms with Crippen LogP contribution in [0.25, 0.3) is 0 Å². The number of hydrogen-bond acceptors (Lipinski definition) is 8. The van der Waals surface area contributed by atoms with E-state index in [0.717, 1.165) is 51.8 Å². The summed E-state index contributed by atoms with van der Waals surface area (Å²) < 4.78 is 30.5. The van der Waals surface area contributed by atoms with Crippen molar-refractivity contribution in [3.63, 3.8) is 0 Å². The van der Waals surface area contributed by atoms with E-state index in [4.69, 9.17) is 14.0 Å². The minimum atomic E-state index is -0.943. The monoisotopic (exact) mass is 470 g/mol. The Morgan fingerprint density at radius 1 is 1.28 bits per heavy atom. The van der Waals surface area contributed by atoms with Crippen LogP contribution in [0.3, 0.4) is 0 Å². The zero-order valence-corrected chi connectivity index (χ0v) is 20.8. The summed E-state index contributed by atoms with van der Waals surface area (Å²) >= 11 is -0.943. The van der Waals surface area contributed by atoms with Crippen LogP contribution in [0.15, 0.2) is 10.6 Å². The third-order valence-electron chi connectivity index (χ3n) is 6.16. The Kier molecular flexibility index (Phi) is 8.62. The highest BCUT2D eigenvalue weighted by atomic mass is 32.2. The highest BCUT2D eigenvalue weighted by Crippen LogP contribution is 2.27. The number of rotatable bonds is 9. The van der Waals surface area contributed by atoms with Gasteiger partial charge in [0.2, 0.25) is 11.8 Å². The molecule has 2 unspecified atom stereocenters. The Morgan fingerprint density at radius 2 is 2.00 bits per heavy atom. The number of piperidine rings is 1. The SMILES string of the molecule is C[S+]([O-])N1CCC(NC(C)(C)C(=O)Nc2cc(C(C)(C)COC3CCCCO3)no2)CC1. The van der Waals surface area contributed by atoms with E-state index in [2.05, 4.69) is 15.8 Å². The smallest absolute Gasteiger partial charge is 0.246 e. The second-order valence-electron chi connectivity index (χ2n) is 9.92. The molecule has 2 aliphatic rings. The van der Waals surface area contributed by atoms with Gasteiger partial charge in [-0.1, -0.05) is 19.0 Å². The molecule has 2 atom stereocenters. The molecule has 2 saturated heterocycles. The van der Waals surface area contributed by atoms with Gasteiger partial charge in [0.15, 0.2) is 6.29 Å². The molecule has 0 bridgehead atoms. The van der Waals surface area contributed by atoms with Crippen LogP contribution in [-0.2, 0) is 31.0 Å². The summed E-state index contributed by atoms with van der Waals surface area (Å²) in [4.78, 5) is 12.9. The average Bonchev–Trinajstić information content (AvgIpc) is 3.23. The van der Waals surface area contributed by atoms with Gasteiger partial charge in [0.1, 0.15) is 6.26 Å². The number of carbonyl (C=O) groups excluding carboxylic acids is 1. The summed E-state index contributed by atoms with van der Waals surface area (Å²) in [6.45, 7) is 10.5. The number of anilines is 1. The normalized spacial score (nSPS) is 22.6. The second-order valence-corrected chi connectivity index (χ2v) is 11.3. The first-order valence-electron chi connectivity index (χ1n) is 11.4. The van der Waals surface area contributed by atoms with Crippen molar-refractivity contribution in [2.75, 3.05) is 37.9 Å². The Hall–Kier alpha value is -1.17. The van der Waals surface area contributed by atoms with Gasteiger partial charge in [-0.2, -0.15) is 0 Å². The molecule has 0 aliphatic carbocycles. The van der Waals surface area contributed by atoms with Gasteiger partial charge in [-0.15, -0.1) is 4.31 Å². The predicted octanol–water partition coefficient (Wildman–Crippen LogP) is 2.56. The second kappa shape index (κ2) is 10.8. The standard InChI is InChI=1S/C22H38N4O5S/c1-21(2,15-30-19-8-6-7-13-29-19)17-14-18(31-25-17)23-20(27)22(3,4)24-16-9-11-26(12-10-16)32(5)28/h14,16,19,24H,6-13,15H2,1-5H3,(H,23,27). The van der Waals surface area contributed by atoms with Crippen molar-refractivity contribution >= 4 is 23.2 Å². The lowest BCUT2D eigenvalue weighted by Gasteiger charge is -2.35. The topological polar surface area (TPSA) is 112 Å². The number of carbonyl (C=O) groups is 1. The van der Waals surface area contributed by atoms with Crippen molar-refractivity contribution in [2.24, 2.45) is 0 Å². The summed E-state index contributed by atoms with van der Waals surface area (Å²) in [5.74, 6) is 0.129. The maximum Gasteiger partial charge on any atom is 0.246 e. The summed E-state index contributed by atoms with van der Waals surface area (Å²) in [7, 11) is 0. The number of ether oxygens (including phenoxy) is 2. The first kappa shape index (κ1) is 25.5. The summed E-state index contributed by atoms with van der Waals surface area (Å²) in [5, 5.41) is 10.4. The molecule has 1 amide bonds. The molecule has 0 saturated carbocycles. The number of nitrogens with zero attached hydrogens (tertiary/aromatic N) is 2. The van der Waals surface area contributed by atoms with Crippen molar-refractivity contribution in [1.29, 1.82) is 0 Å². The van der Waals surface area contributed by atoms with E-state index >= 15 is 0 Å². The molecule has 32 heavy (non-hydrogen) atoms. The molecule has 10 heteroatoms. The zero-order chi connectivity index (χ0) is 23.4. The summed E-state index contributed by atoms with van der Waals surface area (Å²) in [6.07, 6.45) is 6.35. The molecular weight excluding hydrogens is 432 g/mol. The number of amides is 1. The minimum Gasteiger partial charge on any atom is -0.598 e. The minimum absolute atomic E-state index is 0.162. The molecule has 9 nitrogen and oxygen atoms in total. The van der Waals surface area contributed by atoms with Gasteiger partial charge in [-0.25, -0.2) is 0 Å². The van der Waals surface area contributed by atoms with Gasteiger partial charge >= 0.3 is 0 Å². The third-order valence-corrected chi connectivity index (χ3v) is 7.25. The molecule has 2 N–H and O–H groups in total. The van der Waals surface area contributed by atoms with Gasteiger partial charge < -0.3 is 23.9 Å². The molecule has 3 heterocycles. The molecular formula is C22H38N4O5S. The van der Waals surface area contributed by atoms with Crippen LogP contribution < -0.4 is 10.6 Å². The molecule has 0 aromatic carbocycles. The van der Waals surface area contributed by atoms with Gasteiger partial charge in [-0.3, -0.25) is 10.1 Å². The Morgan fingerprint density at radius 3 is 2.62 bits per heavy atom. The molecule has 1 aromatic heterocycles. The molecule has 1 aromatic rings. The van der Waals surface area contributed by atoms with Gasteiger partial charge in [0.25, 0.3) is 0 Å². The Balaban J connectivity index is 1.50. The van der Waals surface area contributed by atoms with Crippen LogP contribution in [0.5, 0.6) is 0 Å². The largest absolute Gasteiger partial charge is 0.598 e. The lowest BCUT2D eigenvalue weighted by Crippen LogP contribution is -2.56. The quantitative estimate of drug-likeness (QED) is 0.530. The Bertz CT molecular complexity index is 740. The zero-order valence-electron chi connectivity index (χ0n) is 19.9. The molecule has 2 fully saturated rings. The van der Waals surface area contributed by atoms with Crippen molar-refractivity contribution in [3.05, 3.63) is 11.8 Å². The molecule has 0 radical (unpaired) electrons. The fraction of sp³-hybridized carbons (Fsp3) is 0.818. The fourth-order valence-electron chi connectivity index (χ4n) is 3.97. The highest BCUT2D eigenvalue weighted by Gasteiger charge is 2.34. The van der Waals surface area contributed by atoms with Crippen LogP contribution in [0.4, 0.5) is 5.88 Å². The van der Waals surface area contributed by atoms with Crippen LogP contribution >= 0.6 is 0 Å². The highest BCUT2D eigenvalue weighted by molar-refractivity contribution is 7.88. The molecule has 0 spiro atoms. The predicted molar refractivity (Wildman–Crippen MR) is 124 cm³/mol. The number of hydrogen-bond donors (Lipinski definition) is 2. The maximum atomic E-state index is 12.9. The van der Waals surface area contributed by atoms with E-state index < -0.39 is 16.9 Å². The fourth-order valence-corrected chi connectivity index (χ4v) is 4.70. The van der Waals surface area contributed by atoms with Gasteiger partial charge in [0.05, 0.1) is 17.8 Å². The molecule has 182 valence electrons.